The molecule has 32 heavy (non-hydrogen) atoms. The van der Waals surface area contributed by atoms with E-state index in [1.807, 2.05) is 12.1 Å². The lowest BCUT2D eigenvalue weighted by atomic mass is 9.75. The van der Waals surface area contributed by atoms with E-state index in [1.54, 1.807) is 55.5 Å². The molecule has 2 aromatic rings. The van der Waals surface area contributed by atoms with Crippen LogP contribution in [-0.4, -0.2) is 49.2 Å². The van der Waals surface area contributed by atoms with Crippen LogP contribution in [0.1, 0.15) is 25.0 Å². The fraction of sp³-hybridized carbons (Fsp3) is 0.333. The van der Waals surface area contributed by atoms with Crippen molar-refractivity contribution in [2.45, 2.75) is 25.3 Å². The fourth-order valence-electron chi connectivity index (χ4n) is 3.65. The van der Waals surface area contributed by atoms with Crippen molar-refractivity contribution in [3.63, 3.8) is 0 Å². The smallest absolute Gasteiger partial charge is 0.326 e. The van der Waals surface area contributed by atoms with E-state index >= 15 is 0 Å². The van der Waals surface area contributed by atoms with Crippen LogP contribution in [0.25, 0.3) is 0 Å². The lowest BCUT2D eigenvalue weighted by molar-refractivity contribution is -0.163. The van der Waals surface area contributed by atoms with Crippen molar-refractivity contribution in [3.8, 4) is 0 Å². The van der Waals surface area contributed by atoms with Gasteiger partial charge in [-0.1, -0.05) is 67.6 Å². The number of methoxy groups -OCH3 is 2. The zero-order valence-electron chi connectivity index (χ0n) is 18.4. The first-order chi connectivity index (χ1) is 15.2. The molecule has 0 aliphatic heterocycles. The summed E-state index contributed by atoms with van der Waals surface area (Å²) < 4.78 is 9.30. The molecule has 0 saturated carbocycles. The average Bonchev–Trinajstić information content (AvgIpc) is 2.82. The first kappa shape index (κ1) is 24.6. The Balaban J connectivity index is 2.48. The van der Waals surface area contributed by atoms with E-state index in [2.05, 4.69) is 14.8 Å². The van der Waals surface area contributed by atoms with Crippen molar-refractivity contribution < 1.29 is 33.8 Å². The van der Waals surface area contributed by atoms with Crippen molar-refractivity contribution in [1.82, 2.24) is 5.32 Å². The summed E-state index contributed by atoms with van der Waals surface area (Å²) in [5.74, 6) is -6.55. The van der Waals surface area contributed by atoms with Crippen LogP contribution in [-0.2, 0) is 34.1 Å². The Bertz CT molecular complexity index is 903. The summed E-state index contributed by atoms with van der Waals surface area (Å²) in [5.41, 5.74) is 0.0677. The van der Waals surface area contributed by atoms with Crippen molar-refractivity contribution in [1.29, 1.82) is 0 Å². The number of carboxylic acid groups (broad SMARTS) is 1. The summed E-state index contributed by atoms with van der Waals surface area (Å²) in [7, 11) is 2.17. The molecule has 2 aromatic carbocycles. The van der Waals surface area contributed by atoms with Gasteiger partial charge in [-0.2, -0.15) is 0 Å². The number of hydrogen-bond donors (Lipinski definition) is 2. The molecule has 0 aliphatic rings. The average molecular weight is 441 g/mol. The zero-order valence-corrected chi connectivity index (χ0v) is 18.4. The van der Waals surface area contributed by atoms with Gasteiger partial charge < -0.3 is 19.9 Å². The van der Waals surface area contributed by atoms with Gasteiger partial charge in [-0.15, -0.1) is 0 Å². The summed E-state index contributed by atoms with van der Waals surface area (Å²) in [6, 6.07) is 16.3. The highest BCUT2D eigenvalue weighted by Crippen LogP contribution is 2.33. The summed E-state index contributed by atoms with van der Waals surface area (Å²) in [4.78, 5) is 50.0. The molecule has 2 rings (SSSR count). The van der Waals surface area contributed by atoms with Crippen LogP contribution >= 0.6 is 0 Å². The van der Waals surface area contributed by atoms with Gasteiger partial charge in [-0.05, 0) is 18.1 Å². The number of nitrogens with one attached hydrogen (secondary N) is 1. The second kappa shape index (κ2) is 10.6. The van der Waals surface area contributed by atoms with Crippen LogP contribution in [0, 0.1) is 11.8 Å². The Morgan fingerprint density at radius 1 is 0.844 bits per heavy atom. The molecular formula is C24H27NO7. The summed E-state index contributed by atoms with van der Waals surface area (Å²) >= 11 is 0. The normalized spacial score (nSPS) is 13.0. The number of aliphatic carboxylic acids is 1. The van der Waals surface area contributed by atoms with E-state index in [0.29, 0.717) is 11.1 Å². The van der Waals surface area contributed by atoms with Gasteiger partial charge in [0.15, 0.2) is 5.92 Å². The third-order valence-corrected chi connectivity index (χ3v) is 5.67. The second-order valence-corrected chi connectivity index (χ2v) is 7.53. The lowest BCUT2D eigenvalue weighted by Gasteiger charge is -2.33. The Morgan fingerprint density at radius 3 is 1.59 bits per heavy atom. The molecule has 0 fully saturated rings. The number of esters is 2. The molecule has 2 N–H and O–H groups in total. The molecule has 1 amide bonds. The van der Waals surface area contributed by atoms with Gasteiger partial charge in [-0.25, -0.2) is 4.79 Å². The Labute approximate surface area is 186 Å². The minimum Gasteiger partial charge on any atom is -0.480 e. The van der Waals surface area contributed by atoms with Crippen molar-refractivity contribution >= 4 is 23.8 Å². The van der Waals surface area contributed by atoms with Crippen LogP contribution in [0.15, 0.2) is 60.7 Å². The number of carbonyl (C=O) groups excluding carboxylic acids is 3. The standard InChI is InChI=1S/C24H27NO7/c1-15(18(21(28)31-3)22(29)32-4)19(20(26)27)25-23(30)24(2,16-11-7-5-8-12-16)17-13-9-6-10-14-17/h5-15,18-19H,1-4H3,(H,25,30)(H,26,27)/t15-,19-/m1/s1. The van der Waals surface area contributed by atoms with Gasteiger partial charge in [0, 0.05) is 5.92 Å². The summed E-state index contributed by atoms with van der Waals surface area (Å²) in [5, 5.41) is 12.4. The third kappa shape index (κ3) is 4.96. The maximum absolute atomic E-state index is 13.6. The van der Waals surface area contributed by atoms with Crippen molar-refractivity contribution in [2.24, 2.45) is 11.8 Å². The van der Waals surface area contributed by atoms with Gasteiger partial charge in [0.25, 0.3) is 0 Å². The number of amides is 1. The predicted molar refractivity (Wildman–Crippen MR) is 116 cm³/mol. The third-order valence-electron chi connectivity index (χ3n) is 5.67. The van der Waals surface area contributed by atoms with E-state index in [-0.39, 0.29) is 0 Å². The monoisotopic (exact) mass is 441 g/mol. The lowest BCUT2D eigenvalue weighted by Crippen LogP contribution is -2.55. The van der Waals surface area contributed by atoms with Crippen LogP contribution in [0.4, 0.5) is 0 Å². The van der Waals surface area contributed by atoms with E-state index in [1.165, 1.54) is 6.92 Å². The highest BCUT2D eigenvalue weighted by molar-refractivity contribution is 5.97. The molecule has 8 nitrogen and oxygen atoms in total. The molecule has 0 radical (unpaired) electrons. The molecule has 0 unspecified atom stereocenters. The van der Waals surface area contributed by atoms with Gasteiger partial charge in [0.2, 0.25) is 5.91 Å². The molecule has 0 bridgehead atoms. The highest BCUT2D eigenvalue weighted by Gasteiger charge is 2.45. The number of carbonyl (C=O) groups is 4. The Hall–Kier alpha value is -3.68. The number of benzene rings is 2. The number of ether oxygens (including phenoxy) is 2. The molecule has 8 heteroatoms. The molecule has 0 saturated heterocycles. The zero-order chi connectivity index (χ0) is 23.9. The maximum atomic E-state index is 13.6. The van der Waals surface area contributed by atoms with Gasteiger partial charge >= 0.3 is 17.9 Å². The van der Waals surface area contributed by atoms with Crippen molar-refractivity contribution in [3.05, 3.63) is 71.8 Å². The highest BCUT2D eigenvalue weighted by atomic mass is 16.5. The quantitative estimate of drug-likeness (QED) is 0.452. The maximum Gasteiger partial charge on any atom is 0.326 e. The van der Waals surface area contributed by atoms with Gasteiger partial charge in [-0.3, -0.25) is 14.4 Å². The van der Waals surface area contributed by atoms with Crippen molar-refractivity contribution in [2.75, 3.05) is 14.2 Å². The minimum absolute atomic E-state index is 0.595. The first-order valence-corrected chi connectivity index (χ1v) is 9.98. The molecule has 2 atom stereocenters. The summed E-state index contributed by atoms with van der Waals surface area (Å²) in [6.45, 7) is 3.06. The molecule has 0 aromatic heterocycles. The fourth-order valence-corrected chi connectivity index (χ4v) is 3.65. The summed E-state index contributed by atoms with van der Waals surface area (Å²) in [6.07, 6.45) is 0. The first-order valence-electron chi connectivity index (χ1n) is 9.98. The molecule has 0 spiro atoms. The SMILES string of the molecule is COC(=O)C(C(=O)OC)[C@@H](C)[C@@H](NC(=O)C(C)(c1ccccc1)c1ccccc1)C(=O)O. The number of carboxylic acids is 1. The van der Waals surface area contributed by atoms with E-state index < -0.39 is 47.1 Å². The molecule has 0 heterocycles. The topological polar surface area (TPSA) is 119 Å². The second-order valence-electron chi connectivity index (χ2n) is 7.53. The predicted octanol–water partition coefficient (Wildman–Crippen LogP) is 2.16. The van der Waals surface area contributed by atoms with Crippen LogP contribution < -0.4 is 5.32 Å². The van der Waals surface area contributed by atoms with Gasteiger partial charge in [0.05, 0.1) is 19.6 Å². The van der Waals surface area contributed by atoms with E-state index in [0.717, 1.165) is 14.2 Å². The molecular weight excluding hydrogens is 414 g/mol. The van der Waals surface area contributed by atoms with Crippen LogP contribution in [0.2, 0.25) is 0 Å². The van der Waals surface area contributed by atoms with E-state index in [4.69, 9.17) is 0 Å². The number of hydrogen-bond acceptors (Lipinski definition) is 6. The minimum atomic E-state index is -1.56. The van der Waals surface area contributed by atoms with E-state index in [9.17, 15) is 24.3 Å². The number of rotatable bonds is 9. The molecule has 0 aliphatic carbocycles. The van der Waals surface area contributed by atoms with Crippen LogP contribution in [0.3, 0.4) is 0 Å². The van der Waals surface area contributed by atoms with Gasteiger partial charge in [0.1, 0.15) is 6.04 Å². The molecule has 170 valence electrons. The Kier molecular flexibility index (Phi) is 8.12. The Morgan fingerprint density at radius 2 is 1.25 bits per heavy atom. The largest absolute Gasteiger partial charge is 0.480 e. The van der Waals surface area contributed by atoms with Crippen LogP contribution in [0.5, 0.6) is 0 Å².